The second kappa shape index (κ2) is 18.9. The Labute approximate surface area is 251 Å². The summed E-state index contributed by atoms with van der Waals surface area (Å²) in [6, 6.07) is 14.2. The molecule has 3 aromatic rings. The first kappa shape index (κ1) is 32.1. The molecule has 1 aromatic heterocycles. The Morgan fingerprint density at radius 2 is 1.60 bits per heavy atom. The molecule has 2 aromatic carbocycles. The van der Waals surface area contributed by atoms with Crippen molar-refractivity contribution in [3.05, 3.63) is 75.7 Å². The van der Waals surface area contributed by atoms with Gasteiger partial charge in [0.25, 0.3) is 0 Å². The molecule has 0 saturated carbocycles. The molecule has 6 heteroatoms. The average molecular weight is 584 g/mol. The van der Waals surface area contributed by atoms with Crippen LogP contribution in [-0.4, -0.2) is 19.1 Å². The lowest BCUT2D eigenvalue weighted by Crippen LogP contribution is -2.32. The zero-order chi connectivity index (χ0) is 28.4. The zero-order valence-corrected chi connectivity index (χ0v) is 26.2. The summed E-state index contributed by atoms with van der Waals surface area (Å²) in [7, 11) is 0. The minimum Gasteiger partial charge on any atom is -0.492 e. The highest BCUT2D eigenvalue weighted by Crippen LogP contribution is 2.27. The Kier molecular flexibility index (Phi) is 15.2. The van der Waals surface area contributed by atoms with Crippen LogP contribution < -0.4 is 14.2 Å². The first-order valence-corrected chi connectivity index (χ1v) is 16.6. The monoisotopic (exact) mass is 583 g/mol. The van der Waals surface area contributed by atoms with E-state index in [0.717, 1.165) is 36.4 Å². The lowest BCUT2D eigenvalue weighted by molar-refractivity contribution is -0.683. The third-order valence-electron chi connectivity index (χ3n) is 7.37. The number of aromatic nitrogens is 1. The topological polar surface area (TPSA) is 33.4 Å². The number of hydrogen-bond donors (Lipinski definition) is 0. The van der Waals surface area contributed by atoms with E-state index in [1.54, 1.807) is 18.3 Å². The van der Waals surface area contributed by atoms with Gasteiger partial charge in [-0.3, -0.25) is 4.79 Å². The van der Waals surface area contributed by atoms with Crippen LogP contribution in [0.3, 0.4) is 0 Å². The highest BCUT2D eigenvalue weighted by atomic mass is 35.5. The summed E-state index contributed by atoms with van der Waals surface area (Å²) >= 11 is 8.12. The third kappa shape index (κ3) is 12.0. The van der Waals surface area contributed by atoms with E-state index in [1.165, 1.54) is 76.2 Å². The molecule has 0 fully saturated rings. The maximum Gasteiger partial charge on any atom is 0.224 e. The Bertz CT molecular complexity index is 1120. The van der Waals surface area contributed by atoms with Gasteiger partial charge in [0.15, 0.2) is 12.7 Å². The quantitative estimate of drug-likeness (QED) is 0.0980. The van der Waals surface area contributed by atoms with Crippen molar-refractivity contribution in [3.8, 4) is 5.75 Å². The third-order valence-corrected chi connectivity index (χ3v) is 8.35. The SMILES string of the molecule is CCCCCCCCCCCCCCOc1cc(CCN(C(C)=O)c2cccc(C[n+]3ccsc3)c2)ccc1Cl. The number of amides is 1. The molecule has 0 atom stereocenters. The maximum atomic E-state index is 12.5. The molecule has 0 N–H and O–H groups in total. The van der Waals surface area contributed by atoms with Crippen LogP contribution in [0.5, 0.6) is 5.75 Å². The molecule has 3 rings (SSSR count). The van der Waals surface area contributed by atoms with Crippen molar-refractivity contribution in [1.82, 2.24) is 0 Å². The van der Waals surface area contributed by atoms with E-state index in [1.807, 2.05) is 35.2 Å². The van der Waals surface area contributed by atoms with E-state index in [2.05, 4.69) is 40.7 Å². The van der Waals surface area contributed by atoms with Gasteiger partial charge in [0.05, 0.1) is 17.0 Å². The van der Waals surface area contributed by atoms with Crippen LogP contribution in [0, 0.1) is 0 Å². The number of carbonyl (C=O) groups excluding carboxylic acids is 1. The van der Waals surface area contributed by atoms with Crippen LogP contribution in [0.4, 0.5) is 5.69 Å². The molecular formula is C34H48ClN2O2S+. The van der Waals surface area contributed by atoms with Crippen LogP contribution in [-0.2, 0) is 17.8 Å². The molecule has 1 heterocycles. The predicted octanol–water partition coefficient (Wildman–Crippen LogP) is 9.41. The molecule has 0 aliphatic rings. The first-order valence-electron chi connectivity index (χ1n) is 15.3. The predicted molar refractivity (Wildman–Crippen MR) is 170 cm³/mol. The molecule has 1 amide bonds. The van der Waals surface area contributed by atoms with Gasteiger partial charge in [-0.2, -0.15) is 4.57 Å². The van der Waals surface area contributed by atoms with Gasteiger partial charge in [0, 0.05) is 24.7 Å². The number of nitrogens with zero attached hydrogens (tertiary/aromatic N) is 2. The largest absolute Gasteiger partial charge is 0.492 e. The summed E-state index contributed by atoms with van der Waals surface area (Å²) in [5.41, 5.74) is 5.31. The van der Waals surface area contributed by atoms with Gasteiger partial charge >= 0.3 is 0 Å². The van der Waals surface area contributed by atoms with Crippen molar-refractivity contribution >= 4 is 34.5 Å². The fraction of sp³-hybridized carbons (Fsp3) is 0.529. The van der Waals surface area contributed by atoms with Crippen molar-refractivity contribution in [2.45, 2.75) is 104 Å². The molecule has 0 radical (unpaired) electrons. The van der Waals surface area contributed by atoms with E-state index >= 15 is 0 Å². The standard InChI is InChI=1S/C34H48ClN2O2S/c1-3-4-5-6-7-8-9-10-11-12-13-14-23-39-34-26-30(18-19-33(34)35)20-21-37(29(2)38)32-17-15-16-31(25-32)27-36-22-24-40-28-36/h15-19,22,24-26,28H,3-14,20-21,23,27H2,1-2H3/q+1. The summed E-state index contributed by atoms with van der Waals surface area (Å²) in [5, 5.41) is 2.71. The molecule has 218 valence electrons. The lowest BCUT2D eigenvalue weighted by Gasteiger charge is -2.22. The average Bonchev–Trinajstić information content (AvgIpc) is 3.46. The van der Waals surface area contributed by atoms with Gasteiger partial charge in [-0.05, 0) is 42.7 Å². The smallest absolute Gasteiger partial charge is 0.224 e. The van der Waals surface area contributed by atoms with E-state index in [-0.39, 0.29) is 5.91 Å². The van der Waals surface area contributed by atoms with Gasteiger partial charge in [0.1, 0.15) is 5.75 Å². The second-order valence-corrected chi connectivity index (χ2v) is 12.0. The molecule has 0 aliphatic heterocycles. The summed E-state index contributed by atoms with van der Waals surface area (Å²) in [4.78, 5) is 14.4. The normalized spacial score (nSPS) is 11.1. The van der Waals surface area contributed by atoms with Gasteiger partial charge in [-0.25, -0.2) is 0 Å². The van der Waals surface area contributed by atoms with Gasteiger partial charge in [-0.1, -0.05) is 119 Å². The van der Waals surface area contributed by atoms with Gasteiger partial charge < -0.3 is 9.64 Å². The molecule has 40 heavy (non-hydrogen) atoms. The Hall–Kier alpha value is -2.37. The number of unbranched alkanes of at least 4 members (excludes halogenated alkanes) is 11. The van der Waals surface area contributed by atoms with Crippen molar-refractivity contribution < 1.29 is 14.1 Å². The number of carbonyl (C=O) groups is 1. The van der Waals surface area contributed by atoms with Crippen molar-refractivity contribution in [3.63, 3.8) is 0 Å². The van der Waals surface area contributed by atoms with Gasteiger partial charge in [-0.15, -0.1) is 0 Å². The summed E-state index contributed by atoms with van der Waals surface area (Å²) in [5.74, 6) is 0.782. The maximum absolute atomic E-state index is 12.5. The van der Waals surface area contributed by atoms with E-state index < -0.39 is 0 Å². The van der Waals surface area contributed by atoms with Crippen LogP contribution >= 0.6 is 22.9 Å². The number of hydrogen-bond acceptors (Lipinski definition) is 3. The Balaban J connectivity index is 1.38. The first-order chi connectivity index (χ1) is 19.6. The van der Waals surface area contributed by atoms with Crippen LogP contribution in [0.1, 0.15) is 102 Å². The molecule has 0 unspecified atom stereocenters. The minimum absolute atomic E-state index is 0.0396. The zero-order valence-electron chi connectivity index (χ0n) is 24.6. The van der Waals surface area contributed by atoms with E-state index in [0.29, 0.717) is 18.2 Å². The molecule has 0 aliphatic carbocycles. The van der Waals surface area contributed by atoms with Crippen molar-refractivity contribution in [1.29, 1.82) is 0 Å². The summed E-state index contributed by atoms with van der Waals surface area (Å²) in [6.45, 7) is 5.99. The summed E-state index contributed by atoms with van der Waals surface area (Å²) < 4.78 is 8.21. The van der Waals surface area contributed by atoms with Crippen LogP contribution in [0.2, 0.25) is 5.02 Å². The Morgan fingerprint density at radius 1 is 0.900 bits per heavy atom. The highest BCUT2D eigenvalue weighted by Gasteiger charge is 2.14. The number of ether oxygens (including phenoxy) is 1. The molecule has 0 saturated heterocycles. The minimum atomic E-state index is 0.0396. The lowest BCUT2D eigenvalue weighted by atomic mass is 10.1. The number of thiazole rings is 1. The second-order valence-electron chi connectivity index (χ2n) is 10.8. The molecule has 0 bridgehead atoms. The number of anilines is 1. The van der Waals surface area contributed by atoms with E-state index in [4.69, 9.17) is 16.3 Å². The van der Waals surface area contributed by atoms with Crippen molar-refractivity contribution in [2.24, 2.45) is 0 Å². The summed E-state index contributed by atoms with van der Waals surface area (Å²) in [6.07, 6.45) is 18.7. The number of benzene rings is 2. The van der Waals surface area contributed by atoms with Gasteiger partial charge in [0.2, 0.25) is 11.4 Å². The van der Waals surface area contributed by atoms with Crippen LogP contribution in [0.15, 0.2) is 59.6 Å². The van der Waals surface area contributed by atoms with Crippen molar-refractivity contribution in [2.75, 3.05) is 18.1 Å². The Morgan fingerprint density at radius 3 is 2.25 bits per heavy atom. The fourth-order valence-corrected chi connectivity index (χ4v) is 5.80. The van der Waals surface area contributed by atoms with Crippen LogP contribution in [0.25, 0.3) is 0 Å². The molecule has 4 nitrogen and oxygen atoms in total. The number of rotatable bonds is 20. The molecular weight excluding hydrogens is 536 g/mol. The molecule has 0 spiro atoms. The van der Waals surface area contributed by atoms with E-state index in [9.17, 15) is 4.79 Å². The fourth-order valence-electron chi connectivity index (χ4n) is 5.03. The highest BCUT2D eigenvalue weighted by molar-refractivity contribution is 7.07. The number of halogens is 1.